The first kappa shape index (κ1) is 34.6. The topological polar surface area (TPSA) is 145 Å². The Hall–Kier alpha value is -2.29. The molecule has 3 aromatic rings. The van der Waals surface area contributed by atoms with Crippen LogP contribution in [0.1, 0.15) is 52.8 Å². The lowest BCUT2D eigenvalue weighted by Gasteiger charge is -2.33. The van der Waals surface area contributed by atoms with Crippen molar-refractivity contribution < 1.29 is 46.3 Å². The van der Waals surface area contributed by atoms with Gasteiger partial charge in [-0.1, -0.05) is 19.1 Å². The monoisotopic (exact) mass is 957 g/mol. The molecule has 0 saturated heterocycles. The normalized spacial score (nSPS) is 14.3. The van der Waals surface area contributed by atoms with Gasteiger partial charge in [0.05, 0.1) is 10.5 Å². The molecule has 0 unspecified atom stereocenters. The van der Waals surface area contributed by atoms with Crippen LogP contribution in [0.3, 0.4) is 0 Å². The first-order valence-electron chi connectivity index (χ1n) is 13.1. The highest BCUT2D eigenvalue weighted by atomic mass is 127. The molecule has 10 nitrogen and oxygen atoms in total. The number of benzene rings is 3. The maximum absolute atomic E-state index is 13.6. The number of esters is 3. The third-order valence-electron chi connectivity index (χ3n) is 6.64. The Morgan fingerprint density at radius 2 is 1.50 bits per heavy atom. The molecule has 0 bridgehead atoms. The van der Waals surface area contributed by atoms with Crippen molar-refractivity contribution in [2.75, 3.05) is 6.61 Å². The van der Waals surface area contributed by atoms with Crippen molar-refractivity contribution in [2.24, 2.45) is 0 Å². The fourth-order valence-electron chi connectivity index (χ4n) is 4.58. The van der Waals surface area contributed by atoms with Gasteiger partial charge in [0.1, 0.15) is 38.5 Å². The molecule has 1 saturated carbocycles. The molecule has 0 atom stereocenters. The van der Waals surface area contributed by atoms with Gasteiger partial charge in [-0.2, -0.15) is 0 Å². The third-order valence-corrected chi connectivity index (χ3v) is 10.7. The number of ether oxygens (including phenoxy) is 4. The van der Waals surface area contributed by atoms with Gasteiger partial charge in [0, 0.05) is 10.7 Å². The van der Waals surface area contributed by atoms with Crippen LogP contribution in [0.2, 0.25) is 0 Å². The van der Waals surface area contributed by atoms with Crippen molar-refractivity contribution in [1.82, 2.24) is 0 Å². The molecule has 0 amide bonds. The Balaban J connectivity index is 1.65. The SMILES string of the molecule is C=CC1(OC(=O)COc2cccc(C(=O)Oc3ccc(I)cc3)c2C(=O)Oc2cc(I)c(S(=O)(=O)[O-])c(I)c2)CCCCC1. The summed E-state index contributed by atoms with van der Waals surface area (Å²) in [5.41, 5.74) is -1.34. The Bertz CT molecular complexity index is 1680. The first-order valence-corrected chi connectivity index (χ1v) is 17.7. The van der Waals surface area contributed by atoms with Crippen molar-refractivity contribution >= 4 is 95.8 Å². The largest absolute Gasteiger partial charge is 0.744 e. The Labute approximate surface area is 295 Å². The molecule has 4 rings (SSSR count). The molecule has 0 radical (unpaired) electrons. The summed E-state index contributed by atoms with van der Waals surface area (Å²) in [7, 11) is -4.79. The molecule has 0 N–H and O–H groups in total. The van der Waals surface area contributed by atoms with E-state index < -0.39 is 45.1 Å². The highest BCUT2D eigenvalue weighted by Gasteiger charge is 2.33. The maximum atomic E-state index is 13.6. The van der Waals surface area contributed by atoms with Crippen molar-refractivity contribution in [3.05, 3.63) is 89.1 Å². The molecule has 1 aliphatic rings. The van der Waals surface area contributed by atoms with Gasteiger partial charge in [-0.15, -0.1) is 0 Å². The van der Waals surface area contributed by atoms with Gasteiger partial charge in [0.25, 0.3) is 0 Å². The summed E-state index contributed by atoms with van der Waals surface area (Å²) in [4.78, 5) is 39.2. The number of carbonyl (C=O) groups is 3. The highest BCUT2D eigenvalue weighted by molar-refractivity contribution is 14.1. The maximum Gasteiger partial charge on any atom is 0.348 e. The molecule has 1 aliphatic carbocycles. The van der Waals surface area contributed by atoms with Crippen LogP contribution < -0.4 is 14.2 Å². The van der Waals surface area contributed by atoms with E-state index in [4.69, 9.17) is 18.9 Å². The second-order valence-electron chi connectivity index (χ2n) is 9.67. The molecule has 232 valence electrons. The van der Waals surface area contributed by atoms with Gasteiger partial charge in [0.15, 0.2) is 6.61 Å². The summed E-state index contributed by atoms with van der Waals surface area (Å²) in [6.07, 6.45) is 5.72. The van der Waals surface area contributed by atoms with E-state index in [1.165, 1.54) is 30.3 Å². The van der Waals surface area contributed by atoms with Crippen LogP contribution in [-0.2, 0) is 19.6 Å². The summed E-state index contributed by atoms with van der Waals surface area (Å²) >= 11 is 5.41. The predicted molar refractivity (Wildman–Crippen MR) is 183 cm³/mol. The van der Waals surface area contributed by atoms with Gasteiger partial charge in [-0.05, 0) is 148 Å². The minimum Gasteiger partial charge on any atom is -0.744 e. The average Bonchev–Trinajstić information content (AvgIpc) is 2.96. The van der Waals surface area contributed by atoms with E-state index in [2.05, 4.69) is 29.2 Å². The van der Waals surface area contributed by atoms with E-state index in [0.29, 0.717) is 12.8 Å². The van der Waals surface area contributed by atoms with Crippen molar-refractivity contribution in [1.29, 1.82) is 0 Å². The van der Waals surface area contributed by atoms with Crippen LogP contribution in [0.25, 0.3) is 0 Å². The molecule has 0 spiro atoms. The summed E-state index contributed by atoms with van der Waals surface area (Å²) in [5, 5.41) is 0. The lowest BCUT2D eigenvalue weighted by molar-refractivity contribution is -0.160. The van der Waals surface area contributed by atoms with Crippen LogP contribution in [0.5, 0.6) is 17.2 Å². The van der Waals surface area contributed by atoms with E-state index in [9.17, 15) is 27.4 Å². The van der Waals surface area contributed by atoms with E-state index in [1.54, 1.807) is 75.5 Å². The molecular weight excluding hydrogens is 933 g/mol. The lowest BCUT2D eigenvalue weighted by atomic mass is 9.85. The molecular formula is C30H24I3O10S-. The summed E-state index contributed by atoms with van der Waals surface area (Å²) in [6, 6.07) is 13.2. The van der Waals surface area contributed by atoms with Crippen LogP contribution in [0.4, 0.5) is 0 Å². The van der Waals surface area contributed by atoms with Crippen LogP contribution in [0, 0.1) is 10.7 Å². The molecule has 0 aromatic heterocycles. The van der Waals surface area contributed by atoms with E-state index in [1.807, 2.05) is 0 Å². The molecule has 0 aliphatic heterocycles. The van der Waals surface area contributed by atoms with E-state index in [0.717, 1.165) is 22.8 Å². The minimum absolute atomic E-state index is 0.0387. The number of hydrogen-bond donors (Lipinski definition) is 0. The zero-order valence-electron chi connectivity index (χ0n) is 22.8. The van der Waals surface area contributed by atoms with E-state index >= 15 is 0 Å². The fourth-order valence-corrected chi connectivity index (χ4v) is 8.86. The third kappa shape index (κ3) is 8.70. The fraction of sp³-hybridized carbons (Fsp3) is 0.233. The van der Waals surface area contributed by atoms with Crippen LogP contribution in [0.15, 0.2) is 72.1 Å². The average molecular weight is 957 g/mol. The summed E-state index contributed by atoms with van der Waals surface area (Å²) in [6.45, 7) is 3.25. The van der Waals surface area contributed by atoms with E-state index in [-0.39, 0.29) is 35.5 Å². The Morgan fingerprint density at radius 1 is 0.886 bits per heavy atom. The van der Waals surface area contributed by atoms with Gasteiger partial charge in [0.2, 0.25) is 0 Å². The number of carbonyl (C=O) groups excluding carboxylic acids is 3. The first-order chi connectivity index (χ1) is 20.8. The Morgan fingerprint density at radius 3 is 2.09 bits per heavy atom. The highest BCUT2D eigenvalue weighted by Crippen LogP contribution is 2.34. The summed E-state index contributed by atoms with van der Waals surface area (Å²) < 4.78 is 58.4. The zero-order chi connectivity index (χ0) is 32.1. The quantitative estimate of drug-likeness (QED) is 0.0712. The molecule has 3 aromatic carbocycles. The van der Waals surface area contributed by atoms with Crippen molar-refractivity contribution in [3.63, 3.8) is 0 Å². The van der Waals surface area contributed by atoms with Gasteiger partial charge < -0.3 is 23.5 Å². The summed E-state index contributed by atoms with van der Waals surface area (Å²) in [5.74, 6) is -2.64. The van der Waals surface area contributed by atoms with Crippen molar-refractivity contribution in [2.45, 2.75) is 42.6 Å². The molecule has 14 heteroatoms. The standard InChI is InChI=1S/C30H25I3O10S/c1-2-30(13-4-3-5-14-30)43-25(34)17-40-24-8-6-7-21(28(35)41-19-11-9-18(31)10-12-19)26(24)29(36)42-20-15-22(32)27(23(33)16-20)44(37,38)39/h2,6-12,15-16H,1,3-5,13-14,17H2,(H,37,38,39)/p-1. The number of rotatable bonds is 10. The van der Waals surface area contributed by atoms with Crippen LogP contribution in [-0.4, -0.2) is 43.1 Å². The Kier molecular flexibility index (Phi) is 11.7. The molecule has 44 heavy (non-hydrogen) atoms. The van der Waals surface area contributed by atoms with Gasteiger partial charge in [-0.25, -0.2) is 22.8 Å². The van der Waals surface area contributed by atoms with Crippen LogP contribution >= 0.6 is 67.8 Å². The predicted octanol–water partition coefficient (Wildman–Crippen LogP) is 6.65. The molecule has 0 heterocycles. The minimum atomic E-state index is -4.79. The zero-order valence-corrected chi connectivity index (χ0v) is 30.1. The number of hydrogen-bond acceptors (Lipinski definition) is 10. The van der Waals surface area contributed by atoms with Crippen molar-refractivity contribution in [3.8, 4) is 17.2 Å². The lowest BCUT2D eigenvalue weighted by Crippen LogP contribution is -2.36. The van der Waals surface area contributed by atoms with Gasteiger partial charge in [-0.3, -0.25) is 0 Å². The second kappa shape index (κ2) is 14.9. The van der Waals surface area contributed by atoms with Gasteiger partial charge >= 0.3 is 17.9 Å². The number of halogens is 3. The second-order valence-corrected chi connectivity index (χ2v) is 14.6. The smallest absolute Gasteiger partial charge is 0.348 e. The molecule has 1 fully saturated rings.